The van der Waals surface area contributed by atoms with E-state index in [4.69, 9.17) is 0 Å². The summed E-state index contributed by atoms with van der Waals surface area (Å²) >= 11 is 0. The summed E-state index contributed by atoms with van der Waals surface area (Å²) in [5.41, 5.74) is 2.94. The summed E-state index contributed by atoms with van der Waals surface area (Å²) in [6.07, 6.45) is 1.20. The lowest BCUT2D eigenvalue weighted by atomic mass is 10.0. The number of H-pyrrole nitrogens is 1. The molecule has 3 N–H and O–H groups in total. The van der Waals surface area contributed by atoms with Crippen molar-refractivity contribution in [3.8, 4) is 0 Å². The molecule has 1 aliphatic rings. The van der Waals surface area contributed by atoms with E-state index in [0.29, 0.717) is 17.6 Å². The smallest absolute Gasteiger partial charge is 0.273 e. The van der Waals surface area contributed by atoms with Gasteiger partial charge in [0.15, 0.2) is 5.65 Å². The van der Waals surface area contributed by atoms with Gasteiger partial charge in [-0.2, -0.15) is 0 Å². The van der Waals surface area contributed by atoms with Crippen LogP contribution in [0, 0.1) is 13.8 Å². The van der Waals surface area contributed by atoms with Crippen LogP contribution in [0.25, 0.3) is 11.0 Å². The van der Waals surface area contributed by atoms with Crippen molar-refractivity contribution < 1.29 is 4.79 Å². The maximum Gasteiger partial charge on any atom is 0.273 e. The summed E-state index contributed by atoms with van der Waals surface area (Å²) in [6, 6.07) is 0. The van der Waals surface area contributed by atoms with Crippen molar-refractivity contribution >= 4 is 29.3 Å². The van der Waals surface area contributed by atoms with Crippen molar-refractivity contribution in [3.63, 3.8) is 0 Å². The average molecular weight is 397 g/mol. The van der Waals surface area contributed by atoms with Crippen LogP contribution in [0.4, 0.5) is 0 Å². The summed E-state index contributed by atoms with van der Waals surface area (Å²) in [7, 11) is 1.76. The molecular weight excluding hydrogens is 368 g/mol. The lowest BCUT2D eigenvalue weighted by molar-refractivity contribution is -0.120. The van der Waals surface area contributed by atoms with Gasteiger partial charge in [-0.3, -0.25) is 19.4 Å². The highest BCUT2D eigenvalue weighted by molar-refractivity contribution is 5.85. The van der Waals surface area contributed by atoms with Crippen molar-refractivity contribution in [2.75, 3.05) is 39.3 Å². The van der Waals surface area contributed by atoms with Gasteiger partial charge in [0.25, 0.3) is 5.56 Å². The van der Waals surface area contributed by atoms with Gasteiger partial charge in [-0.15, -0.1) is 12.4 Å². The summed E-state index contributed by atoms with van der Waals surface area (Å²) in [6.45, 7) is 9.68. The van der Waals surface area contributed by atoms with Gasteiger partial charge >= 0.3 is 0 Å². The minimum Gasteiger partial charge on any atom is -0.356 e. The molecule has 2 aromatic rings. The monoisotopic (exact) mass is 396 g/mol. The topological polar surface area (TPSA) is 95.1 Å². The molecule has 1 aliphatic heterocycles. The summed E-state index contributed by atoms with van der Waals surface area (Å²) in [5, 5.41) is 9.62. The number of piperazine rings is 1. The van der Waals surface area contributed by atoms with E-state index < -0.39 is 0 Å². The minimum atomic E-state index is -0.162. The maximum atomic E-state index is 12.3. The second kappa shape index (κ2) is 9.34. The first-order valence-corrected chi connectivity index (χ1v) is 9.22. The third-order valence-electron chi connectivity index (χ3n) is 5.10. The third-order valence-corrected chi connectivity index (χ3v) is 5.10. The van der Waals surface area contributed by atoms with Crippen molar-refractivity contribution in [1.82, 2.24) is 30.3 Å². The number of hydrogen-bond acceptors (Lipinski definition) is 5. The Morgan fingerprint density at radius 3 is 2.67 bits per heavy atom. The van der Waals surface area contributed by atoms with E-state index >= 15 is 0 Å². The van der Waals surface area contributed by atoms with Gasteiger partial charge in [0.05, 0.1) is 11.8 Å². The van der Waals surface area contributed by atoms with E-state index in [1.54, 1.807) is 11.7 Å². The largest absolute Gasteiger partial charge is 0.356 e. The first-order chi connectivity index (χ1) is 12.5. The quantitative estimate of drug-likeness (QED) is 0.608. The standard InChI is InChI=1S/C18H28N6O2.ClH/c1-12-14(13(2)21-17-16(12)18(26)22-23(17)3)11-15(25)20-5-4-8-24-9-6-19-7-10-24;/h19H,4-11H2,1-3H3,(H,20,25)(H,22,26);1H. The van der Waals surface area contributed by atoms with Crippen molar-refractivity contribution in [3.05, 3.63) is 27.2 Å². The number of halogens is 1. The first-order valence-electron chi connectivity index (χ1n) is 9.22. The number of pyridine rings is 1. The molecule has 0 radical (unpaired) electrons. The molecule has 0 unspecified atom stereocenters. The van der Waals surface area contributed by atoms with Gasteiger partial charge in [-0.25, -0.2) is 4.98 Å². The number of aromatic amines is 1. The molecule has 3 heterocycles. The van der Waals surface area contributed by atoms with Gasteiger partial charge in [0.2, 0.25) is 5.91 Å². The molecule has 1 amide bonds. The Labute approximate surface area is 165 Å². The van der Waals surface area contributed by atoms with Crippen LogP contribution < -0.4 is 16.2 Å². The first kappa shape index (κ1) is 21.4. The van der Waals surface area contributed by atoms with Crippen molar-refractivity contribution in [1.29, 1.82) is 0 Å². The van der Waals surface area contributed by atoms with E-state index in [1.165, 1.54) is 0 Å². The average Bonchev–Trinajstić information content (AvgIpc) is 2.90. The maximum absolute atomic E-state index is 12.3. The molecule has 150 valence electrons. The number of aryl methyl sites for hydroxylation is 3. The fourth-order valence-corrected chi connectivity index (χ4v) is 3.60. The van der Waals surface area contributed by atoms with Crippen molar-refractivity contribution in [2.45, 2.75) is 26.7 Å². The second-order valence-electron chi connectivity index (χ2n) is 6.97. The molecule has 1 fully saturated rings. The minimum absolute atomic E-state index is 0. The molecule has 0 bridgehead atoms. The van der Waals surface area contributed by atoms with Crippen LogP contribution in [0.3, 0.4) is 0 Å². The molecule has 1 saturated heterocycles. The number of rotatable bonds is 6. The highest BCUT2D eigenvalue weighted by atomic mass is 35.5. The normalized spacial score (nSPS) is 14.9. The molecule has 8 nitrogen and oxygen atoms in total. The van der Waals surface area contributed by atoms with E-state index in [-0.39, 0.29) is 30.3 Å². The summed E-state index contributed by atoms with van der Waals surface area (Å²) in [5.74, 6) is -0.0231. The highest BCUT2D eigenvalue weighted by Gasteiger charge is 2.17. The molecule has 0 aliphatic carbocycles. The highest BCUT2D eigenvalue weighted by Crippen LogP contribution is 2.20. The Morgan fingerprint density at radius 2 is 1.96 bits per heavy atom. The van der Waals surface area contributed by atoms with Crippen LogP contribution in [0.1, 0.15) is 23.2 Å². The number of carbonyl (C=O) groups excluding carboxylic acids is 1. The van der Waals surface area contributed by atoms with Crippen LogP contribution in [0.15, 0.2) is 4.79 Å². The van der Waals surface area contributed by atoms with E-state index in [1.807, 2.05) is 13.8 Å². The Morgan fingerprint density at radius 1 is 1.26 bits per heavy atom. The fraction of sp³-hybridized carbons (Fsp3) is 0.611. The van der Waals surface area contributed by atoms with Crippen LogP contribution in [-0.4, -0.2) is 64.8 Å². The zero-order chi connectivity index (χ0) is 18.7. The van der Waals surface area contributed by atoms with Crippen molar-refractivity contribution in [2.24, 2.45) is 7.05 Å². The van der Waals surface area contributed by atoms with Crippen LogP contribution >= 0.6 is 12.4 Å². The van der Waals surface area contributed by atoms with E-state index in [9.17, 15) is 9.59 Å². The number of fused-ring (bicyclic) bond motifs is 1. The van der Waals surface area contributed by atoms with Crippen LogP contribution in [0.2, 0.25) is 0 Å². The second-order valence-corrected chi connectivity index (χ2v) is 6.97. The molecule has 2 aromatic heterocycles. The SMILES string of the molecule is Cc1nc2c(c(C)c1CC(=O)NCCCN1CCNCC1)c(=O)[nH]n2C.Cl. The molecular formula is C18H29ClN6O2. The van der Waals surface area contributed by atoms with Gasteiger partial charge in [0, 0.05) is 45.5 Å². The number of nitrogens with one attached hydrogen (secondary N) is 3. The summed E-state index contributed by atoms with van der Waals surface area (Å²) in [4.78, 5) is 31.4. The number of nitrogens with zero attached hydrogens (tertiary/aromatic N) is 3. The Balaban J connectivity index is 0.00000261. The molecule has 27 heavy (non-hydrogen) atoms. The van der Waals surface area contributed by atoms with Gasteiger partial charge in [0.1, 0.15) is 0 Å². The number of amides is 1. The molecule has 0 atom stereocenters. The molecule has 0 aromatic carbocycles. The van der Waals surface area contributed by atoms with Crippen LogP contribution in [-0.2, 0) is 18.3 Å². The Hall–Kier alpha value is -1.90. The predicted octanol–water partition coefficient (Wildman–Crippen LogP) is 0.254. The Kier molecular flexibility index (Phi) is 7.41. The molecule has 9 heteroatoms. The van der Waals surface area contributed by atoms with E-state index in [0.717, 1.165) is 56.0 Å². The summed E-state index contributed by atoms with van der Waals surface area (Å²) < 4.78 is 1.62. The zero-order valence-corrected chi connectivity index (χ0v) is 17.0. The molecule has 0 spiro atoms. The number of carbonyl (C=O) groups is 1. The zero-order valence-electron chi connectivity index (χ0n) is 16.2. The van der Waals surface area contributed by atoms with Gasteiger partial charge in [-0.1, -0.05) is 0 Å². The lowest BCUT2D eigenvalue weighted by Gasteiger charge is -2.27. The fourth-order valence-electron chi connectivity index (χ4n) is 3.60. The number of hydrogen-bond donors (Lipinski definition) is 3. The Bertz CT molecular complexity index is 854. The number of aromatic nitrogens is 3. The third kappa shape index (κ3) is 4.88. The van der Waals surface area contributed by atoms with Crippen LogP contribution in [0.5, 0.6) is 0 Å². The van der Waals surface area contributed by atoms with Gasteiger partial charge in [-0.05, 0) is 37.9 Å². The molecule has 3 rings (SSSR count). The van der Waals surface area contributed by atoms with Gasteiger partial charge < -0.3 is 15.5 Å². The predicted molar refractivity (Wildman–Crippen MR) is 109 cm³/mol. The van der Waals surface area contributed by atoms with E-state index in [2.05, 4.69) is 25.6 Å². The molecule has 0 saturated carbocycles. The lowest BCUT2D eigenvalue weighted by Crippen LogP contribution is -2.44.